The Morgan fingerprint density at radius 3 is 2.61 bits per heavy atom. The highest BCUT2D eigenvalue weighted by atomic mass is 35.5. The molecule has 6 nitrogen and oxygen atoms in total. The van der Waals surface area contributed by atoms with Crippen molar-refractivity contribution in [2.75, 3.05) is 37.6 Å². The lowest BCUT2D eigenvalue weighted by Crippen LogP contribution is -2.52. The van der Waals surface area contributed by atoms with Crippen LogP contribution in [0, 0.1) is 0 Å². The molecule has 28 heavy (non-hydrogen) atoms. The van der Waals surface area contributed by atoms with Crippen LogP contribution in [-0.2, 0) is 6.54 Å². The van der Waals surface area contributed by atoms with Gasteiger partial charge in [-0.3, -0.25) is 0 Å². The molecule has 146 valence electrons. The number of amides is 2. The van der Waals surface area contributed by atoms with Crippen LogP contribution in [0.2, 0.25) is 5.02 Å². The first-order valence-electron chi connectivity index (χ1n) is 9.64. The van der Waals surface area contributed by atoms with E-state index in [1.165, 1.54) is 0 Å². The van der Waals surface area contributed by atoms with Crippen LogP contribution in [0.25, 0.3) is 11.0 Å². The Balaban J connectivity index is 1.21. The summed E-state index contributed by atoms with van der Waals surface area (Å²) in [5, 5.41) is 3.79. The predicted octanol–water partition coefficient (Wildman–Crippen LogP) is 3.61. The Hall–Kier alpha value is -2.73. The van der Waals surface area contributed by atoms with E-state index in [0.717, 1.165) is 47.8 Å². The summed E-state index contributed by atoms with van der Waals surface area (Å²) in [7, 11) is 0. The maximum absolute atomic E-state index is 12.4. The van der Waals surface area contributed by atoms with Gasteiger partial charge < -0.3 is 19.7 Å². The minimum absolute atomic E-state index is 0.00861. The molecular formula is C21H24ClN5O. The fourth-order valence-corrected chi connectivity index (χ4v) is 3.86. The summed E-state index contributed by atoms with van der Waals surface area (Å²) in [6.07, 6.45) is 2.73. The molecule has 4 rings (SSSR count). The van der Waals surface area contributed by atoms with Gasteiger partial charge in [-0.05, 0) is 30.7 Å². The van der Waals surface area contributed by atoms with Gasteiger partial charge in [0.1, 0.15) is 0 Å². The second kappa shape index (κ2) is 8.52. The molecule has 1 saturated heterocycles. The number of halogens is 1. The third-order valence-corrected chi connectivity index (χ3v) is 5.46. The summed E-state index contributed by atoms with van der Waals surface area (Å²) in [6.45, 7) is 4.46. The van der Waals surface area contributed by atoms with E-state index in [2.05, 4.69) is 25.8 Å². The number of benzene rings is 2. The molecule has 1 fully saturated rings. The lowest BCUT2D eigenvalue weighted by molar-refractivity contribution is 0.194. The first-order valence-corrected chi connectivity index (χ1v) is 10.0. The van der Waals surface area contributed by atoms with Crippen LogP contribution in [0.3, 0.4) is 0 Å². The number of aromatic nitrogens is 2. The third-order valence-electron chi connectivity index (χ3n) is 5.14. The zero-order valence-electron chi connectivity index (χ0n) is 15.7. The number of nitrogens with zero attached hydrogens (tertiary/aromatic N) is 4. The molecule has 0 aliphatic carbocycles. The normalized spacial score (nSPS) is 14.5. The number of hydrogen-bond acceptors (Lipinski definition) is 3. The van der Waals surface area contributed by atoms with Gasteiger partial charge in [0.15, 0.2) is 0 Å². The van der Waals surface area contributed by atoms with E-state index < -0.39 is 0 Å². The molecule has 1 aliphatic heterocycles. The SMILES string of the molecule is O=C(NCCCn1cnc2ccccc21)N1CCN(c2ccccc2Cl)CC1. The molecular weight excluding hydrogens is 374 g/mol. The molecule has 7 heteroatoms. The molecule has 3 aromatic rings. The smallest absolute Gasteiger partial charge is 0.317 e. The van der Waals surface area contributed by atoms with Crippen molar-refractivity contribution < 1.29 is 4.79 Å². The molecule has 2 heterocycles. The summed E-state index contributed by atoms with van der Waals surface area (Å²) >= 11 is 6.28. The number of hydrogen-bond donors (Lipinski definition) is 1. The molecule has 2 aromatic carbocycles. The molecule has 2 amide bonds. The molecule has 0 saturated carbocycles. The van der Waals surface area contributed by atoms with Crippen LogP contribution < -0.4 is 10.2 Å². The first-order chi connectivity index (χ1) is 13.7. The number of carbonyl (C=O) groups excluding carboxylic acids is 1. The van der Waals surface area contributed by atoms with Crippen molar-refractivity contribution in [2.45, 2.75) is 13.0 Å². The molecule has 0 radical (unpaired) electrons. The maximum atomic E-state index is 12.4. The number of imidazole rings is 1. The van der Waals surface area contributed by atoms with Gasteiger partial charge in [-0.15, -0.1) is 0 Å². The van der Waals surface area contributed by atoms with E-state index in [-0.39, 0.29) is 6.03 Å². The Morgan fingerprint density at radius 2 is 1.79 bits per heavy atom. The van der Waals surface area contributed by atoms with Gasteiger partial charge in [0.25, 0.3) is 0 Å². The average Bonchev–Trinajstić information content (AvgIpc) is 3.15. The number of carbonyl (C=O) groups is 1. The number of nitrogens with one attached hydrogen (secondary N) is 1. The lowest BCUT2D eigenvalue weighted by atomic mass is 10.2. The predicted molar refractivity (Wildman–Crippen MR) is 113 cm³/mol. The van der Waals surface area contributed by atoms with Gasteiger partial charge in [-0.1, -0.05) is 35.9 Å². The summed E-state index contributed by atoms with van der Waals surface area (Å²) in [5.74, 6) is 0. The molecule has 0 unspecified atom stereocenters. The number of piperazine rings is 1. The summed E-state index contributed by atoms with van der Waals surface area (Å²) in [4.78, 5) is 20.9. The van der Waals surface area contributed by atoms with Crippen LogP contribution in [-0.4, -0.2) is 53.2 Å². The highest BCUT2D eigenvalue weighted by molar-refractivity contribution is 6.33. The summed E-state index contributed by atoms with van der Waals surface area (Å²) in [6, 6.07) is 15.9. The second-order valence-corrected chi connectivity index (χ2v) is 7.34. The van der Waals surface area contributed by atoms with Crippen LogP contribution >= 0.6 is 11.6 Å². The number of aryl methyl sites for hydroxylation is 1. The number of anilines is 1. The zero-order valence-corrected chi connectivity index (χ0v) is 16.5. The minimum Gasteiger partial charge on any atom is -0.367 e. The molecule has 0 bridgehead atoms. The van der Waals surface area contributed by atoms with Crippen molar-refractivity contribution in [1.29, 1.82) is 0 Å². The molecule has 1 N–H and O–H groups in total. The van der Waals surface area contributed by atoms with E-state index in [1.807, 2.05) is 53.7 Å². The monoisotopic (exact) mass is 397 g/mol. The van der Waals surface area contributed by atoms with Crippen LogP contribution in [0.4, 0.5) is 10.5 Å². The van der Waals surface area contributed by atoms with Gasteiger partial charge in [-0.2, -0.15) is 0 Å². The van der Waals surface area contributed by atoms with Gasteiger partial charge >= 0.3 is 6.03 Å². The highest BCUT2D eigenvalue weighted by Crippen LogP contribution is 2.26. The van der Waals surface area contributed by atoms with E-state index in [9.17, 15) is 4.79 Å². The zero-order chi connectivity index (χ0) is 19.3. The van der Waals surface area contributed by atoms with Crippen LogP contribution in [0.5, 0.6) is 0 Å². The topological polar surface area (TPSA) is 53.4 Å². The van der Waals surface area contributed by atoms with Gasteiger partial charge in [0.2, 0.25) is 0 Å². The van der Waals surface area contributed by atoms with Gasteiger partial charge in [0, 0.05) is 39.3 Å². The number of urea groups is 1. The van der Waals surface area contributed by atoms with Gasteiger partial charge in [0.05, 0.1) is 28.1 Å². The van der Waals surface area contributed by atoms with E-state index >= 15 is 0 Å². The van der Waals surface area contributed by atoms with E-state index in [1.54, 1.807) is 0 Å². The van der Waals surface area contributed by atoms with Crippen molar-refractivity contribution in [3.8, 4) is 0 Å². The Bertz CT molecular complexity index is 949. The van der Waals surface area contributed by atoms with Gasteiger partial charge in [-0.25, -0.2) is 9.78 Å². The third kappa shape index (κ3) is 4.07. The Morgan fingerprint density at radius 1 is 1.04 bits per heavy atom. The molecule has 1 aromatic heterocycles. The second-order valence-electron chi connectivity index (χ2n) is 6.94. The fraction of sp³-hybridized carbons (Fsp3) is 0.333. The summed E-state index contributed by atoms with van der Waals surface area (Å²) < 4.78 is 2.13. The van der Waals surface area contributed by atoms with Crippen LogP contribution in [0.1, 0.15) is 6.42 Å². The highest BCUT2D eigenvalue weighted by Gasteiger charge is 2.21. The number of fused-ring (bicyclic) bond motifs is 1. The Labute approximate surface area is 169 Å². The standard InChI is InChI=1S/C21H24ClN5O/c22-17-6-1-3-8-19(17)25-12-14-26(15-13-25)21(28)23-10-5-11-27-16-24-18-7-2-4-9-20(18)27/h1-4,6-9,16H,5,10-15H2,(H,23,28). The van der Waals surface area contributed by atoms with E-state index in [0.29, 0.717) is 19.6 Å². The number of para-hydroxylation sites is 3. The quantitative estimate of drug-likeness (QED) is 0.669. The average molecular weight is 398 g/mol. The summed E-state index contributed by atoms with van der Waals surface area (Å²) in [5.41, 5.74) is 3.17. The van der Waals surface area contributed by atoms with Crippen molar-refractivity contribution in [3.05, 3.63) is 59.9 Å². The van der Waals surface area contributed by atoms with Crippen molar-refractivity contribution in [1.82, 2.24) is 19.8 Å². The molecule has 0 atom stereocenters. The fourth-order valence-electron chi connectivity index (χ4n) is 3.60. The largest absolute Gasteiger partial charge is 0.367 e. The lowest BCUT2D eigenvalue weighted by Gasteiger charge is -2.36. The molecule has 0 spiro atoms. The first kappa shape index (κ1) is 18.6. The minimum atomic E-state index is 0.00861. The Kier molecular flexibility index (Phi) is 5.67. The maximum Gasteiger partial charge on any atom is 0.317 e. The van der Waals surface area contributed by atoms with Crippen molar-refractivity contribution in [3.63, 3.8) is 0 Å². The number of rotatable bonds is 5. The molecule has 1 aliphatic rings. The van der Waals surface area contributed by atoms with Crippen molar-refractivity contribution in [2.24, 2.45) is 0 Å². The van der Waals surface area contributed by atoms with Crippen molar-refractivity contribution >= 4 is 34.4 Å². The van der Waals surface area contributed by atoms with Crippen LogP contribution in [0.15, 0.2) is 54.9 Å². The van der Waals surface area contributed by atoms with E-state index in [4.69, 9.17) is 11.6 Å².